The average molecular weight is 319 g/mol. The Labute approximate surface area is 133 Å². The molecule has 0 unspecified atom stereocenters. The molecule has 0 spiro atoms. The van der Waals surface area contributed by atoms with Crippen LogP contribution in [0.5, 0.6) is 5.75 Å². The van der Waals surface area contributed by atoms with Crippen LogP contribution < -0.4 is 5.32 Å². The first-order valence-electron chi connectivity index (χ1n) is 6.51. The van der Waals surface area contributed by atoms with Gasteiger partial charge in [0.25, 0.3) is 0 Å². The van der Waals surface area contributed by atoms with Crippen LogP contribution in [0.15, 0.2) is 24.8 Å². The Hall–Kier alpha value is -0.740. The molecule has 2 N–H and O–H groups in total. The summed E-state index contributed by atoms with van der Waals surface area (Å²) in [6.07, 6.45) is 2.00. The van der Waals surface area contributed by atoms with Crippen molar-refractivity contribution >= 4 is 24.8 Å². The van der Waals surface area contributed by atoms with Gasteiger partial charge in [-0.15, -0.1) is 31.4 Å². The lowest BCUT2D eigenvalue weighted by molar-refractivity contribution is 0.203. The van der Waals surface area contributed by atoms with E-state index in [1.54, 1.807) is 0 Å². The molecule has 5 heteroatoms. The lowest BCUT2D eigenvalue weighted by Crippen LogP contribution is -2.44. The minimum atomic E-state index is 0. The van der Waals surface area contributed by atoms with Gasteiger partial charge in [-0.1, -0.05) is 18.2 Å². The van der Waals surface area contributed by atoms with Crippen LogP contribution in [-0.2, 0) is 0 Å². The van der Waals surface area contributed by atoms with Gasteiger partial charge in [0.15, 0.2) is 0 Å². The van der Waals surface area contributed by atoms with Gasteiger partial charge in [0, 0.05) is 26.2 Å². The van der Waals surface area contributed by atoms with Crippen molar-refractivity contribution in [1.82, 2.24) is 10.2 Å². The van der Waals surface area contributed by atoms with Crippen LogP contribution in [0.3, 0.4) is 0 Å². The summed E-state index contributed by atoms with van der Waals surface area (Å²) in [5, 5.41) is 13.2. The second-order valence-electron chi connectivity index (χ2n) is 4.97. The van der Waals surface area contributed by atoms with Crippen molar-refractivity contribution in [2.75, 3.05) is 26.2 Å². The van der Waals surface area contributed by atoms with Gasteiger partial charge < -0.3 is 10.4 Å². The smallest absolute Gasteiger partial charge is 0.121 e. The highest BCUT2D eigenvalue weighted by molar-refractivity contribution is 5.85. The number of nitrogens with zero attached hydrogens (tertiary/aromatic N) is 1. The molecule has 0 bridgehead atoms. The fourth-order valence-corrected chi connectivity index (χ4v) is 2.62. The maximum absolute atomic E-state index is 9.85. The third kappa shape index (κ3) is 4.13. The average Bonchev–Trinajstić information content (AvgIpc) is 2.38. The number of piperazine rings is 1. The fraction of sp³-hybridized carbons (Fsp3) is 0.467. The van der Waals surface area contributed by atoms with Crippen molar-refractivity contribution in [1.29, 1.82) is 0 Å². The number of nitrogens with one attached hydrogen (secondary N) is 1. The summed E-state index contributed by atoms with van der Waals surface area (Å²) in [5.41, 5.74) is 3.10. The Bertz CT molecular complexity index is 422. The zero-order valence-corrected chi connectivity index (χ0v) is 13.7. The van der Waals surface area contributed by atoms with Crippen LogP contribution in [0, 0.1) is 13.8 Å². The monoisotopic (exact) mass is 318 g/mol. The minimum Gasteiger partial charge on any atom is -0.507 e. The van der Waals surface area contributed by atoms with Crippen molar-refractivity contribution in [3.63, 3.8) is 0 Å². The quantitative estimate of drug-likeness (QED) is 0.841. The molecule has 1 aromatic rings. The molecule has 2 rings (SSSR count). The highest BCUT2D eigenvalue weighted by Crippen LogP contribution is 2.29. The predicted molar refractivity (Wildman–Crippen MR) is 89.5 cm³/mol. The molecule has 0 amide bonds. The molecule has 1 aliphatic rings. The lowest BCUT2D eigenvalue weighted by atomic mass is 9.98. The molecule has 0 aliphatic carbocycles. The van der Waals surface area contributed by atoms with Crippen LogP contribution in [0.4, 0.5) is 0 Å². The summed E-state index contributed by atoms with van der Waals surface area (Å²) in [6.45, 7) is 12.0. The summed E-state index contributed by atoms with van der Waals surface area (Å²) in [5.74, 6) is 0.405. The molecule has 0 saturated carbocycles. The number of aromatic hydroxyl groups is 1. The van der Waals surface area contributed by atoms with Crippen molar-refractivity contribution < 1.29 is 5.11 Å². The van der Waals surface area contributed by atoms with Crippen LogP contribution in [0.2, 0.25) is 0 Å². The summed E-state index contributed by atoms with van der Waals surface area (Å²) >= 11 is 0. The number of aryl methyl sites for hydroxylation is 2. The Morgan fingerprint density at radius 3 is 2.15 bits per heavy atom. The van der Waals surface area contributed by atoms with Crippen molar-refractivity contribution in [3.05, 3.63) is 41.5 Å². The SMILES string of the molecule is C=C[C@@H](c1cc(C)c(O)c(C)c1)N1CCNCC1.Cl.Cl. The number of rotatable bonds is 3. The molecule has 0 aromatic heterocycles. The zero-order valence-electron chi connectivity index (χ0n) is 12.1. The Morgan fingerprint density at radius 1 is 1.20 bits per heavy atom. The molecule has 20 heavy (non-hydrogen) atoms. The first kappa shape index (κ1) is 19.3. The van der Waals surface area contributed by atoms with E-state index in [4.69, 9.17) is 0 Å². The molecule has 1 atom stereocenters. The van der Waals surface area contributed by atoms with Crippen LogP contribution >= 0.6 is 24.8 Å². The van der Waals surface area contributed by atoms with E-state index in [1.165, 1.54) is 5.56 Å². The van der Waals surface area contributed by atoms with Gasteiger partial charge in [0.05, 0.1) is 6.04 Å². The van der Waals surface area contributed by atoms with E-state index in [-0.39, 0.29) is 30.9 Å². The first-order valence-corrected chi connectivity index (χ1v) is 6.51. The largest absolute Gasteiger partial charge is 0.507 e. The van der Waals surface area contributed by atoms with Gasteiger partial charge in [0.1, 0.15) is 5.75 Å². The number of phenols is 1. The van der Waals surface area contributed by atoms with Crippen LogP contribution in [0.1, 0.15) is 22.7 Å². The topological polar surface area (TPSA) is 35.5 Å². The van der Waals surface area contributed by atoms with Gasteiger partial charge in [0.2, 0.25) is 0 Å². The summed E-state index contributed by atoms with van der Waals surface area (Å²) in [4.78, 5) is 2.43. The van der Waals surface area contributed by atoms with Gasteiger partial charge in [-0.2, -0.15) is 0 Å². The van der Waals surface area contributed by atoms with Gasteiger partial charge >= 0.3 is 0 Å². The Balaban J connectivity index is 0.00000180. The maximum atomic E-state index is 9.85. The number of halogens is 2. The van der Waals surface area contributed by atoms with E-state index in [1.807, 2.05) is 19.9 Å². The Morgan fingerprint density at radius 2 is 1.70 bits per heavy atom. The molecule has 1 aliphatic heterocycles. The Kier molecular flexibility index (Phi) is 8.21. The number of hydrogen-bond acceptors (Lipinski definition) is 3. The van der Waals surface area contributed by atoms with Crippen LogP contribution in [0.25, 0.3) is 0 Å². The van der Waals surface area contributed by atoms with E-state index in [2.05, 4.69) is 28.9 Å². The lowest BCUT2D eigenvalue weighted by Gasteiger charge is -2.33. The van der Waals surface area contributed by atoms with Gasteiger partial charge in [-0.05, 0) is 30.5 Å². The second kappa shape index (κ2) is 8.53. The molecular formula is C15H24Cl2N2O. The van der Waals surface area contributed by atoms with E-state index in [0.29, 0.717) is 5.75 Å². The standard InChI is InChI=1S/C15H22N2O.2ClH/c1-4-14(17-7-5-16-6-8-17)13-9-11(2)15(18)12(3)10-13;;/h4,9-10,14,16,18H,1,5-8H2,2-3H3;2*1H/t14-;;/m0../s1. The number of phenolic OH excluding ortho intramolecular Hbond substituents is 1. The highest BCUT2D eigenvalue weighted by atomic mass is 35.5. The third-order valence-corrected chi connectivity index (χ3v) is 3.62. The van der Waals surface area contributed by atoms with Crippen molar-refractivity contribution in [2.45, 2.75) is 19.9 Å². The summed E-state index contributed by atoms with van der Waals surface area (Å²) in [7, 11) is 0. The molecule has 3 nitrogen and oxygen atoms in total. The molecule has 1 saturated heterocycles. The zero-order chi connectivity index (χ0) is 13.1. The van der Waals surface area contributed by atoms with Crippen molar-refractivity contribution in [3.8, 4) is 5.75 Å². The minimum absolute atomic E-state index is 0. The van der Waals surface area contributed by atoms with Gasteiger partial charge in [-0.25, -0.2) is 0 Å². The van der Waals surface area contributed by atoms with E-state index in [9.17, 15) is 5.11 Å². The molecule has 114 valence electrons. The molecule has 0 radical (unpaired) electrons. The molecule has 1 aromatic carbocycles. The number of hydrogen-bond donors (Lipinski definition) is 2. The third-order valence-electron chi connectivity index (χ3n) is 3.62. The first-order chi connectivity index (χ1) is 8.63. The second-order valence-corrected chi connectivity index (χ2v) is 4.97. The van der Waals surface area contributed by atoms with Gasteiger partial charge in [-0.3, -0.25) is 4.90 Å². The van der Waals surface area contributed by atoms with E-state index >= 15 is 0 Å². The maximum Gasteiger partial charge on any atom is 0.121 e. The molecular weight excluding hydrogens is 295 g/mol. The van der Waals surface area contributed by atoms with Crippen LogP contribution in [-0.4, -0.2) is 36.2 Å². The molecule has 1 fully saturated rings. The van der Waals surface area contributed by atoms with E-state index in [0.717, 1.165) is 37.3 Å². The normalized spacial score (nSPS) is 16.7. The molecule has 1 heterocycles. The fourth-order valence-electron chi connectivity index (χ4n) is 2.62. The number of benzene rings is 1. The predicted octanol–water partition coefficient (Wildman–Crippen LogP) is 2.98. The summed E-state index contributed by atoms with van der Waals surface area (Å²) < 4.78 is 0. The highest BCUT2D eigenvalue weighted by Gasteiger charge is 2.20. The summed E-state index contributed by atoms with van der Waals surface area (Å²) in [6, 6.07) is 4.37. The van der Waals surface area contributed by atoms with Crippen molar-refractivity contribution in [2.24, 2.45) is 0 Å². The van der Waals surface area contributed by atoms with E-state index < -0.39 is 0 Å².